The van der Waals surface area contributed by atoms with E-state index in [2.05, 4.69) is 12.2 Å². The van der Waals surface area contributed by atoms with Gasteiger partial charge in [0.2, 0.25) is 5.91 Å². The first-order valence-corrected chi connectivity index (χ1v) is 8.52. The molecular weight excluding hydrogens is 272 g/mol. The third kappa shape index (κ3) is 4.17. The summed E-state index contributed by atoms with van der Waals surface area (Å²) in [5.41, 5.74) is -0.167. The molecule has 122 valence electrons. The summed E-state index contributed by atoms with van der Waals surface area (Å²) in [4.78, 5) is 11.9. The Morgan fingerprint density at radius 3 is 2.57 bits per heavy atom. The van der Waals surface area contributed by atoms with Crippen LogP contribution in [0.4, 0.5) is 8.78 Å². The molecule has 0 aromatic heterocycles. The third-order valence-corrected chi connectivity index (χ3v) is 5.47. The Morgan fingerprint density at radius 1 is 1.29 bits per heavy atom. The van der Waals surface area contributed by atoms with E-state index in [9.17, 15) is 13.6 Å². The van der Waals surface area contributed by atoms with E-state index < -0.39 is 11.8 Å². The molecule has 2 rings (SSSR count). The van der Waals surface area contributed by atoms with Gasteiger partial charge < -0.3 is 5.32 Å². The van der Waals surface area contributed by atoms with Gasteiger partial charge in [0.15, 0.2) is 0 Å². The van der Waals surface area contributed by atoms with Crippen molar-refractivity contribution < 1.29 is 13.6 Å². The number of carbonyl (C=O) groups is 1. The van der Waals surface area contributed by atoms with Crippen LogP contribution in [0.25, 0.3) is 0 Å². The molecule has 0 saturated heterocycles. The average molecular weight is 301 g/mol. The second-order valence-corrected chi connectivity index (χ2v) is 7.46. The van der Waals surface area contributed by atoms with Crippen LogP contribution in [-0.2, 0) is 4.79 Å². The third-order valence-electron chi connectivity index (χ3n) is 5.47. The van der Waals surface area contributed by atoms with Gasteiger partial charge in [-0.25, -0.2) is 8.78 Å². The number of nitrogens with one attached hydrogen (secondary N) is 1. The number of halogens is 2. The predicted octanol–water partition coefficient (Wildman–Crippen LogP) is 4.53. The van der Waals surface area contributed by atoms with Crippen LogP contribution in [0.15, 0.2) is 0 Å². The van der Waals surface area contributed by atoms with Crippen LogP contribution >= 0.6 is 0 Å². The van der Waals surface area contributed by atoms with E-state index in [-0.39, 0.29) is 23.7 Å². The Hall–Kier alpha value is -0.670. The molecule has 0 spiro atoms. The molecular formula is C17H29F2NO. The van der Waals surface area contributed by atoms with Gasteiger partial charge in [-0.3, -0.25) is 4.79 Å². The molecule has 4 heteroatoms. The topological polar surface area (TPSA) is 29.1 Å². The van der Waals surface area contributed by atoms with Crippen molar-refractivity contribution in [3.8, 4) is 0 Å². The summed E-state index contributed by atoms with van der Waals surface area (Å²) in [5.74, 6) is -2.73. The molecule has 0 heterocycles. The van der Waals surface area contributed by atoms with Crippen LogP contribution in [0.1, 0.15) is 71.6 Å². The van der Waals surface area contributed by atoms with Gasteiger partial charge in [-0.1, -0.05) is 33.1 Å². The summed E-state index contributed by atoms with van der Waals surface area (Å²) in [7, 11) is 0. The molecule has 0 radical (unpaired) electrons. The number of carbonyl (C=O) groups excluding carboxylic acids is 1. The van der Waals surface area contributed by atoms with Crippen molar-refractivity contribution in [1.82, 2.24) is 5.32 Å². The highest BCUT2D eigenvalue weighted by molar-refractivity contribution is 5.79. The molecule has 2 aliphatic carbocycles. The monoisotopic (exact) mass is 301 g/mol. The fourth-order valence-corrected chi connectivity index (χ4v) is 3.56. The minimum Gasteiger partial charge on any atom is -0.355 e. The first-order chi connectivity index (χ1) is 9.86. The normalized spacial score (nSPS) is 32.5. The fraction of sp³-hybridized carbons (Fsp3) is 0.941. The first kappa shape index (κ1) is 16.7. The average Bonchev–Trinajstić information content (AvgIpc) is 2.36. The Balaban J connectivity index is 1.87. The molecule has 0 aromatic carbocycles. The van der Waals surface area contributed by atoms with Crippen molar-refractivity contribution in [1.29, 1.82) is 0 Å². The van der Waals surface area contributed by atoms with E-state index in [0.717, 1.165) is 32.1 Å². The van der Waals surface area contributed by atoms with Crippen LogP contribution in [0.5, 0.6) is 0 Å². The van der Waals surface area contributed by atoms with Gasteiger partial charge in [0, 0.05) is 24.8 Å². The van der Waals surface area contributed by atoms with Gasteiger partial charge in [-0.15, -0.1) is 0 Å². The zero-order valence-corrected chi connectivity index (χ0v) is 13.4. The molecule has 0 aliphatic heterocycles. The number of unbranched alkanes of at least 4 members (excludes halogenated alkanes) is 1. The number of rotatable bonds is 6. The van der Waals surface area contributed by atoms with Gasteiger partial charge in [-0.2, -0.15) is 0 Å². The maximum Gasteiger partial charge on any atom is 0.250 e. The highest BCUT2D eigenvalue weighted by atomic mass is 19.3. The lowest BCUT2D eigenvalue weighted by Gasteiger charge is -2.43. The summed E-state index contributed by atoms with van der Waals surface area (Å²) in [6.07, 6.45) is 6.55. The van der Waals surface area contributed by atoms with E-state index in [1.807, 2.05) is 6.92 Å². The SMILES string of the molecule is CCCCC1CC(C)(CNC(=O)C2CCC2)CCC1(F)F. The van der Waals surface area contributed by atoms with Crippen molar-refractivity contribution >= 4 is 5.91 Å². The van der Waals surface area contributed by atoms with Gasteiger partial charge >= 0.3 is 0 Å². The van der Waals surface area contributed by atoms with Crippen LogP contribution in [0.3, 0.4) is 0 Å². The summed E-state index contributed by atoms with van der Waals surface area (Å²) < 4.78 is 28.1. The smallest absolute Gasteiger partial charge is 0.250 e. The lowest BCUT2D eigenvalue weighted by atomic mass is 9.67. The van der Waals surface area contributed by atoms with Crippen LogP contribution < -0.4 is 5.32 Å². The van der Waals surface area contributed by atoms with Crippen LogP contribution in [0.2, 0.25) is 0 Å². The number of alkyl halides is 2. The molecule has 0 aromatic rings. The van der Waals surface area contributed by atoms with Crippen molar-refractivity contribution in [2.24, 2.45) is 17.3 Å². The molecule has 2 aliphatic rings. The second kappa shape index (κ2) is 6.62. The number of amides is 1. The van der Waals surface area contributed by atoms with Crippen molar-refractivity contribution in [2.45, 2.75) is 77.6 Å². The Bertz CT molecular complexity index is 368. The first-order valence-electron chi connectivity index (χ1n) is 8.52. The van der Waals surface area contributed by atoms with E-state index >= 15 is 0 Å². The second-order valence-electron chi connectivity index (χ2n) is 7.46. The van der Waals surface area contributed by atoms with Crippen LogP contribution in [-0.4, -0.2) is 18.4 Å². The minimum atomic E-state index is -2.52. The maximum absolute atomic E-state index is 14.0. The molecule has 0 bridgehead atoms. The van der Waals surface area contributed by atoms with Crippen molar-refractivity contribution in [3.05, 3.63) is 0 Å². The molecule has 21 heavy (non-hydrogen) atoms. The van der Waals surface area contributed by atoms with E-state index in [4.69, 9.17) is 0 Å². The fourth-order valence-electron chi connectivity index (χ4n) is 3.56. The summed E-state index contributed by atoms with van der Waals surface area (Å²) in [6.45, 7) is 4.66. The van der Waals surface area contributed by atoms with Gasteiger partial charge in [0.25, 0.3) is 5.92 Å². The summed E-state index contributed by atoms with van der Waals surface area (Å²) >= 11 is 0. The summed E-state index contributed by atoms with van der Waals surface area (Å²) in [6, 6.07) is 0. The van der Waals surface area contributed by atoms with Gasteiger partial charge in [0.05, 0.1) is 0 Å². The Labute approximate surface area is 127 Å². The maximum atomic E-state index is 14.0. The Morgan fingerprint density at radius 2 is 2.00 bits per heavy atom. The van der Waals surface area contributed by atoms with E-state index in [0.29, 0.717) is 25.8 Å². The zero-order valence-electron chi connectivity index (χ0n) is 13.4. The molecule has 2 atom stereocenters. The van der Waals surface area contributed by atoms with Crippen molar-refractivity contribution in [2.75, 3.05) is 6.54 Å². The quantitative estimate of drug-likeness (QED) is 0.767. The predicted molar refractivity (Wildman–Crippen MR) is 80.3 cm³/mol. The largest absolute Gasteiger partial charge is 0.355 e. The molecule has 2 unspecified atom stereocenters. The number of hydrogen-bond donors (Lipinski definition) is 1. The highest BCUT2D eigenvalue weighted by Gasteiger charge is 2.48. The highest BCUT2D eigenvalue weighted by Crippen LogP contribution is 2.48. The van der Waals surface area contributed by atoms with Crippen molar-refractivity contribution in [3.63, 3.8) is 0 Å². The van der Waals surface area contributed by atoms with E-state index in [1.165, 1.54) is 0 Å². The molecule has 1 amide bonds. The molecule has 1 N–H and O–H groups in total. The standard InChI is InChI=1S/C17H29F2NO/c1-3-4-8-14-11-16(2,9-10-17(14,18)19)12-20-15(21)13-6-5-7-13/h13-14H,3-12H2,1-2H3,(H,20,21). The van der Waals surface area contributed by atoms with E-state index in [1.54, 1.807) is 0 Å². The molecule has 2 nitrogen and oxygen atoms in total. The van der Waals surface area contributed by atoms with Crippen LogP contribution in [0, 0.1) is 17.3 Å². The minimum absolute atomic E-state index is 0.0306. The lowest BCUT2D eigenvalue weighted by molar-refractivity contribution is -0.131. The molecule has 2 saturated carbocycles. The summed E-state index contributed by atoms with van der Waals surface area (Å²) in [5, 5.41) is 3.01. The lowest BCUT2D eigenvalue weighted by Crippen LogP contribution is -2.46. The number of hydrogen-bond acceptors (Lipinski definition) is 1. The zero-order chi connectivity index (χ0) is 15.5. The molecule has 2 fully saturated rings. The Kier molecular flexibility index (Phi) is 5.26. The van der Waals surface area contributed by atoms with Gasteiger partial charge in [-0.05, 0) is 37.5 Å². The van der Waals surface area contributed by atoms with Gasteiger partial charge in [0.1, 0.15) is 0 Å².